The Balaban J connectivity index is 1.96. The first kappa shape index (κ1) is 18.6. The third-order valence-corrected chi connectivity index (χ3v) is 5.77. The van der Waals surface area contributed by atoms with Gasteiger partial charge in [0.25, 0.3) is 5.91 Å². The lowest BCUT2D eigenvalue weighted by molar-refractivity contribution is -0.134. The van der Waals surface area contributed by atoms with E-state index in [-0.39, 0.29) is 16.5 Å². The molecule has 0 aliphatic carbocycles. The summed E-state index contributed by atoms with van der Waals surface area (Å²) in [6.45, 7) is -0.665. The van der Waals surface area contributed by atoms with Crippen molar-refractivity contribution in [1.29, 1.82) is 0 Å². The van der Waals surface area contributed by atoms with Crippen LogP contribution in [0.5, 0.6) is 0 Å². The topological polar surface area (TPSA) is 80.8 Å². The molecule has 1 unspecified atom stereocenters. The zero-order chi connectivity index (χ0) is 18.1. The summed E-state index contributed by atoms with van der Waals surface area (Å²) in [4.78, 5) is 25.0. The minimum absolute atomic E-state index is 0.000458. The standard InChI is InChI=1S/C14H14ClF2NO5S/c1-18(8-2-3-24(21,22)7-8)13(19)6-23-14(20)9-4-11(16)12(17)5-10(9)15/h4-5,8H,2-3,6-7H2,1H3. The SMILES string of the molecule is CN(C(=O)COC(=O)c1cc(F)c(F)cc1Cl)C1CCS(=O)(=O)C1. The van der Waals surface area contributed by atoms with Gasteiger partial charge in [-0.2, -0.15) is 0 Å². The number of amides is 1. The van der Waals surface area contributed by atoms with E-state index in [1.54, 1.807) is 0 Å². The summed E-state index contributed by atoms with van der Waals surface area (Å²) < 4.78 is 53.7. The highest BCUT2D eigenvalue weighted by Gasteiger charge is 2.33. The van der Waals surface area contributed by atoms with Crippen LogP contribution in [0.4, 0.5) is 8.78 Å². The van der Waals surface area contributed by atoms with E-state index < -0.39 is 51.6 Å². The van der Waals surface area contributed by atoms with Crippen LogP contribution in [0.3, 0.4) is 0 Å². The van der Waals surface area contributed by atoms with Crippen LogP contribution in [0.25, 0.3) is 0 Å². The predicted molar refractivity (Wildman–Crippen MR) is 81.5 cm³/mol. The summed E-state index contributed by atoms with van der Waals surface area (Å²) >= 11 is 5.64. The van der Waals surface area contributed by atoms with Crippen molar-refractivity contribution in [3.05, 3.63) is 34.4 Å². The molecular formula is C14H14ClF2NO5S. The van der Waals surface area contributed by atoms with Crippen molar-refractivity contribution in [3.8, 4) is 0 Å². The highest BCUT2D eigenvalue weighted by Crippen LogP contribution is 2.21. The first-order valence-electron chi connectivity index (χ1n) is 6.88. The largest absolute Gasteiger partial charge is 0.452 e. The maximum atomic E-state index is 13.2. The van der Waals surface area contributed by atoms with Gasteiger partial charge in [-0.25, -0.2) is 22.0 Å². The number of ether oxygens (including phenoxy) is 1. The summed E-state index contributed by atoms with van der Waals surface area (Å²) in [5.41, 5.74) is -0.408. The molecule has 1 aliphatic rings. The van der Waals surface area contributed by atoms with Gasteiger partial charge in [0.05, 0.1) is 22.1 Å². The van der Waals surface area contributed by atoms with Crippen molar-refractivity contribution in [2.75, 3.05) is 25.2 Å². The third-order valence-electron chi connectivity index (χ3n) is 3.71. The van der Waals surface area contributed by atoms with E-state index in [1.165, 1.54) is 11.9 Å². The fourth-order valence-electron chi connectivity index (χ4n) is 2.27. The highest BCUT2D eigenvalue weighted by molar-refractivity contribution is 7.91. The molecule has 132 valence electrons. The van der Waals surface area contributed by atoms with E-state index in [1.807, 2.05) is 0 Å². The van der Waals surface area contributed by atoms with Crippen LogP contribution in [-0.2, 0) is 19.4 Å². The van der Waals surface area contributed by atoms with E-state index in [2.05, 4.69) is 0 Å². The fraction of sp³-hybridized carbons (Fsp3) is 0.429. The van der Waals surface area contributed by atoms with Crippen molar-refractivity contribution in [2.24, 2.45) is 0 Å². The first-order chi connectivity index (χ1) is 11.1. The van der Waals surface area contributed by atoms with E-state index in [0.717, 1.165) is 0 Å². The van der Waals surface area contributed by atoms with Crippen LogP contribution in [0.2, 0.25) is 5.02 Å². The highest BCUT2D eigenvalue weighted by atomic mass is 35.5. The molecule has 0 saturated carbocycles. The van der Waals surface area contributed by atoms with Crippen LogP contribution in [0, 0.1) is 11.6 Å². The zero-order valence-corrected chi connectivity index (χ0v) is 14.2. The van der Waals surface area contributed by atoms with E-state index in [0.29, 0.717) is 18.6 Å². The summed E-state index contributed by atoms with van der Waals surface area (Å²) in [7, 11) is -1.75. The molecule has 1 aromatic rings. The smallest absolute Gasteiger partial charge is 0.340 e. The van der Waals surface area contributed by atoms with Gasteiger partial charge in [-0.05, 0) is 18.6 Å². The second kappa shape index (κ2) is 7.02. The Labute approximate surface area is 142 Å². The normalized spacial score (nSPS) is 19.1. The molecule has 6 nitrogen and oxygen atoms in total. The minimum atomic E-state index is -3.16. The number of rotatable bonds is 4. The molecule has 24 heavy (non-hydrogen) atoms. The van der Waals surface area contributed by atoms with Crippen LogP contribution in [0.15, 0.2) is 12.1 Å². The molecule has 1 heterocycles. The maximum absolute atomic E-state index is 13.2. The van der Waals surface area contributed by atoms with E-state index >= 15 is 0 Å². The molecule has 0 spiro atoms. The number of hydrogen-bond acceptors (Lipinski definition) is 5. The van der Waals surface area contributed by atoms with E-state index in [9.17, 15) is 26.8 Å². The number of halogens is 3. The average Bonchev–Trinajstić information content (AvgIpc) is 2.87. The second-order valence-corrected chi connectivity index (χ2v) is 8.02. The quantitative estimate of drug-likeness (QED) is 0.582. The van der Waals surface area contributed by atoms with Gasteiger partial charge in [-0.3, -0.25) is 4.79 Å². The lowest BCUT2D eigenvalue weighted by Crippen LogP contribution is -2.40. The number of nitrogens with zero attached hydrogens (tertiary/aromatic N) is 1. The minimum Gasteiger partial charge on any atom is -0.452 e. The molecule has 0 N–H and O–H groups in total. The van der Waals surface area contributed by atoms with Crippen molar-refractivity contribution in [2.45, 2.75) is 12.5 Å². The maximum Gasteiger partial charge on any atom is 0.340 e. The molecule has 10 heteroatoms. The molecule has 0 bridgehead atoms. The summed E-state index contributed by atoms with van der Waals surface area (Å²) in [6, 6.07) is 0.732. The fourth-order valence-corrected chi connectivity index (χ4v) is 4.27. The third kappa shape index (κ3) is 4.21. The Hall–Kier alpha value is -1.74. The monoisotopic (exact) mass is 381 g/mol. The van der Waals surface area contributed by atoms with Crippen molar-refractivity contribution < 1.29 is 31.5 Å². The van der Waals surface area contributed by atoms with Crippen LogP contribution >= 0.6 is 11.6 Å². The van der Waals surface area contributed by atoms with Gasteiger partial charge < -0.3 is 9.64 Å². The molecule has 1 aromatic carbocycles. The summed E-state index contributed by atoms with van der Waals surface area (Å²) in [6.07, 6.45) is 0.313. The molecule has 1 amide bonds. The van der Waals surface area contributed by atoms with Crippen LogP contribution < -0.4 is 0 Å². The van der Waals surface area contributed by atoms with Gasteiger partial charge in [0.15, 0.2) is 28.1 Å². The molecule has 0 aromatic heterocycles. The van der Waals surface area contributed by atoms with Gasteiger partial charge in [0, 0.05) is 13.1 Å². The second-order valence-electron chi connectivity index (χ2n) is 5.38. The molecule has 1 saturated heterocycles. The van der Waals surface area contributed by atoms with Crippen molar-refractivity contribution >= 4 is 33.3 Å². The number of carbonyl (C=O) groups excluding carboxylic acids is 2. The van der Waals surface area contributed by atoms with Crippen molar-refractivity contribution in [3.63, 3.8) is 0 Å². The summed E-state index contributed by atoms with van der Waals surface area (Å²) in [5.74, 6) is -4.32. The lowest BCUT2D eigenvalue weighted by atomic mass is 10.2. The molecule has 0 radical (unpaired) electrons. The van der Waals surface area contributed by atoms with Crippen LogP contribution in [-0.4, -0.2) is 56.4 Å². The molecule has 1 fully saturated rings. The van der Waals surface area contributed by atoms with Gasteiger partial charge in [0.1, 0.15) is 0 Å². The van der Waals surface area contributed by atoms with Gasteiger partial charge in [0.2, 0.25) is 0 Å². The Morgan fingerprint density at radius 1 is 1.33 bits per heavy atom. The van der Waals surface area contributed by atoms with Gasteiger partial charge >= 0.3 is 5.97 Å². The summed E-state index contributed by atoms with van der Waals surface area (Å²) in [5, 5.41) is -0.346. The Bertz CT molecular complexity index is 784. The average molecular weight is 382 g/mol. The molecule has 2 rings (SSSR count). The molecule has 1 aliphatic heterocycles. The first-order valence-corrected chi connectivity index (χ1v) is 9.08. The van der Waals surface area contributed by atoms with Gasteiger partial charge in [-0.1, -0.05) is 11.6 Å². The lowest BCUT2D eigenvalue weighted by Gasteiger charge is -2.23. The Morgan fingerprint density at radius 2 is 1.96 bits per heavy atom. The number of benzene rings is 1. The molecular weight excluding hydrogens is 368 g/mol. The number of hydrogen-bond donors (Lipinski definition) is 0. The zero-order valence-electron chi connectivity index (χ0n) is 12.6. The molecule has 1 atom stereocenters. The van der Waals surface area contributed by atoms with E-state index in [4.69, 9.17) is 16.3 Å². The predicted octanol–water partition coefficient (Wildman–Crippen LogP) is 1.42. The number of likely N-dealkylation sites (N-methyl/N-ethyl adjacent to an activating group) is 1. The van der Waals surface area contributed by atoms with Crippen molar-refractivity contribution in [1.82, 2.24) is 4.90 Å². The number of esters is 1. The Kier molecular flexibility index (Phi) is 5.44. The van der Waals surface area contributed by atoms with Gasteiger partial charge in [-0.15, -0.1) is 0 Å². The number of carbonyl (C=O) groups is 2. The Morgan fingerprint density at radius 3 is 2.54 bits per heavy atom. The van der Waals surface area contributed by atoms with Crippen LogP contribution in [0.1, 0.15) is 16.8 Å². The number of sulfone groups is 1.